The SMILES string of the molecule is CCCS(=O)(=O)[NH+](F)CC. The van der Waals surface area contributed by atoms with E-state index in [-0.39, 0.29) is 12.3 Å². The minimum absolute atomic E-state index is 0.0255. The van der Waals surface area contributed by atoms with Gasteiger partial charge < -0.3 is 0 Å². The minimum atomic E-state index is -3.51. The standard InChI is InChI=1S/C5H12FNO2S/c1-3-5-10(8,9)7(6)4-2/h3-5H2,1-2H3/p+1. The van der Waals surface area contributed by atoms with E-state index in [0.717, 1.165) is 0 Å². The molecule has 0 aliphatic carbocycles. The molecule has 0 heterocycles. The summed E-state index contributed by atoms with van der Waals surface area (Å²) in [5, 5.41) is 0. The quantitative estimate of drug-likeness (QED) is 0.578. The average Bonchev–Trinajstić information content (AvgIpc) is 1.86. The molecule has 1 unspecified atom stereocenters. The number of sulfonamides is 1. The number of hydrogen-bond donors (Lipinski definition) is 1. The normalized spacial score (nSPS) is 15.1. The Kier molecular flexibility index (Phi) is 3.81. The lowest BCUT2D eigenvalue weighted by atomic mass is 10.6. The summed E-state index contributed by atoms with van der Waals surface area (Å²) in [6, 6.07) is 0. The second-order valence-corrected chi connectivity index (χ2v) is 4.11. The maximum Gasteiger partial charge on any atom is 0.330 e. The van der Waals surface area contributed by atoms with Crippen molar-refractivity contribution in [2.45, 2.75) is 20.3 Å². The van der Waals surface area contributed by atoms with Crippen LogP contribution in [0.4, 0.5) is 4.48 Å². The van der Waals surface area contributed by atoms with Crippen molar-refractivity contribution in [2.75, 3.05) is 12.3 Å². The van der Waals surface area contributed by atoms with E-state index < -0.39 is 14.6 Å². The Morgan fingerprint density at radius 3 is 2.20 bits per heavy atom. The van der Waals surface area contributed by atoms with Crippen LogP contribution in [-0.2, 0) is 10.0 Å². The van der Waals surface area contributed by atoms with E-state index in [0.29, 0.717) is 6.42 Å². The Balaban J connectivity index is 4.12. The Hall–Kier alpha value is -0.160. The monoisotopic (exact) mass is 170 g/mol. The molecule has 0 aromatic rings. The number of halogens is 1. The molecule has 0 spiro atoms. The maximum atomic E-state index is 12.4. The van der Waals surface area contributed by atoms with Crippen molar-refractivity contribution < 1.29 is 17.4 Å². The van der Waals surface area contributed by atoms with E-state index in [1.807, 2.05) is 0 Å². The van der Waals surface area contributed by atoms with Gasteiger partial charge in [0.1, 0.15) is 12.3 Å². The summed E-state index contributed by atoms with van der Waals surface area (Å²) >= 11 is 0. The number of nitrogens with one attached hydrogen (secondary N) is 1. The van der Waals surface area contributed by atoms with Crippen molar-refractivity contribution in [3.05, 3.63) is 0 Å². The van der Waals surface area contributed by atoms with Gasteiger partial charge in [-0.1, -0.05) is 6.92 Å². The zero-order chi connectivity index (χ0) is 8.20. The van der Waals surface area contributed by atoms with Crippen molar-refractivity contribution in [3.8, 4) is 0 Å². The first-order valence-electron chi connectivity index (χ1n) is 3.28. The van der Waals surface area contributed by atoms with Crippen LogP contribution in [0.15, 0.2) is 0 Å². The highest BCUT2D eigenvalue weighted by Crippen LogP contribution is 1.82. The van der Waals surface area contributed by atoms with Crippen LogP contribution in [0.2, 0.25) is 0 Å². The molecule has 0 saturated carbocycles. The number of rotatable bonds is 4. The highest BCUT2D eigenvalue weighted by atomic mass is 32.2. The van der Waals surface area contributed by atoms with Crippen LogP contribution in [0.25, 0.3) is 0 Å². The summed E-state index contributed by atoms with van der Waals surface area (Å²) in [6.07, 6.45) is 0.468. The molecule has 0 bridgehead atoms. The molecule has 1 N–H and O–H groups in total. The van der Waals surface area contributed by atoms with Crippen LogP contribution in [0, 0.1) is 0 Å². The van der Waals surface area contributed by atoms with Crippen molar-refractivity contribution >= 4 is 10.0 Å². The van der Waals surface area contributed by atoms with E-state index in [1.54, 1.807) is 6.92 Å². The molecule has 0 aliphatic rings. The molecule has 0 aliphatic heterocycles. The zero-order valence-corrected chi connectivity index (χ0v) is 7.04. The second-order valence-electron chi connectivity index (χ2n) is 2.03. The molecule has 3 nitrogen and oxygen atoms in total. The van der Waals surface area contributed by atoms with Crippen LogP contribution in [0.3, 0.4) is 0 Å². The first kappa shape index (κ1) is 9.84. The fourth-order valence-electron chi connectivity index (χ4n) is 0.599. The Morgan fingerprint density at radius 1 is 1.40 bits per heavy atom. The number of hydrogen-bond acceptors (Lipinski definition) is 2. The van der Waals surface area contributed by atoms with Gasteiger partial charge in [0.25, 0.3) is 0 Å². The van der Waals surface area contributed by atoms with Gasteiger partial charge in [0.2, 0.25) is 0 Å². The predicted octanol–water partition coefficient (Wildman–Crippen LogP) is -0.485. The van der Waals surface area contributed by atoms with Gasteiger partial charge in [-0.2, -0.15) is 8.42 Å². The molecule has 5 heteroatoms. The molecule has 0 rings (SSSR count). The Bertz CT molecular complexity index is 178. The van der Waals surface area contributed by atoms with Crippen LogP contribution in [-0.4, -0.2) is 20.7 Å². The first-order valence-corrected chi connectivity index (χ1v) is 4.94. The smallest absolute Gasteiger partial charge is 0.170 e. The van der Waals surface area contributed by atoms with Gasteiger partial charge in [-0.3, -0.25) is 0 Å². The summed E-state index contributed by atoms with van der Waals surface area (Å²) in [5.74, 6) is -0.0767. The Morgan fingerprint density at radius 2 is 1.90 bits per heavy atom. The maximum absolute atomic E-state index is 12.4. The molecule has 0 amide bonds. The molecular formula is C5H13FNO2S+. The average molecular weight is 170 g/mol. The summed E-state index contributed by atoms with van der Waals surface area (Å²) < 4.78 is 33.0. The van der Waals surface area contributed by atoms with Gasteiger partial charge in [0.05, 0.1) is 0 Å². The molecule has 0 aromatic carbocycles. The lowest BCUT2D eigenvalue weighted by Gasteiger charge is -2.02. The van der Waals surface area contributed by atoms with Gasteiger partial charge in [0.15, 0.2) is 0 Å². The molecule has 1 atom stereocenters. The predicted molar refractivity (Wildman–Crippen MR) is 36.7 cm³/mol. The third-order valence-electron chi connectivity index (χ3n) is 1.09. The van der Waals surface area contributed by atoms with E-state index in [2.05, 4.69) is 0 Å². The van der Waals surface area contributed by atoms with Gasteiger partial charge in [-0.05, 0) is 17.9 Å². The molecular weight excluding hydrogens is 157 g/mol. The van der Waals surface area contributed by atoms with E-state index in [4.69, 9.17) is 0 Å². The van der Waals surface area contributed by atoms with Crippen LogP contribution in [0.1, 0.15) is 20.3 Å². The molecule has 0 saturated heterocycles. The van der Waals surface area contributed by atoms with E-state index in [1.165, 1.54) is 6.92 Å². The van der Waals surface area contributed by atoms with Gasteiger partial charge >= 0.3 is 10.0 Å². The van der Waals surface area contributed by atoms with Crippen LogP contribution in [0.5, 0.6) is 0 Å². The van der Waals surface area contributed by atoms with Crippen molar-refractivity contribution in [1.29, 1.82) is 0 Å². The molecule has 0 fully saturated rings. The fraction of sp³-hybridized carbons (Fsp3) is 1.00. The lowest BCUT2D eigenvalue weighted by molar-refractivity contribution is -0.922. The fourth-order valence-corrected chi connectivity index (χ4v) is 1.80. The summed E-state index contributed by atoms with van der Waals surface area (Å²) in [7, 11) is -3.51. The molecule has 0 radical (unpaired) electrons. The lowest BCUT2D eigenvalue weighted by Crippen LogP contribution is -3.06. The van der Waals surface area contributed by atoms with E-state index in [9.17, 15) is 12.9 Å². The minimum Gasteiger partial charge on any atom is -0.170 e. The third kappa shape index (κ3) is 2.62. The Labute approximate surface area is 60.8 Å². The molecule has 0 aromatic heterocycles. The highest BCUT2D eigenvalue weighted by molar-refractivity contribution is 7.84. The van der Waals surface area contributed by atoms with Crippen LogP contribution < -0.4 is 4.53 Å². The molecule has 62 valence electrons. The zero-order valence-electron chi connectivity index (χ0n) is 6.22. The van der Waals surface area contributed by atoms with Crippen molar-refractivity contribution in [1.82, 2.24) is 0 Å². The summed E-state index contributed by atoms with van der Waals surface area (Å²) in [5.41, 5.74) is 0. The van der Waals surface area contributed by atoms with Gasteiger partial charge in [-0.25, -0.2) is 0 Å². The van der Waals surface area contributed by atoms with Crippen molar-refractivity contribution in [3.63, 3.8) is 0 Å². The summed E-state index contributed by atoms with van der Waals surface area (Å²) in [6.45, 7) is 3.17. The van der Waals surface area contributed by atoms with Crippen molar-refractivity contribution in [2.24, 2.45) is 0 Å². The second kappa shape index (κ2) is 3.88. The van der Waals surface area contributed by atoms with Gasteiger partial charge in [0, 0.05) is 4.48 Å². The third-order valence-corrected chi connectivity index (χ3v) is 3.00. The largest absolute Gasteiger partial charge is 0.330 e. The highest BCUT2D eigenvalue weighted by Gasteiger charge is 2.22. The summed E-state index contributed by atoms with van der Waals surface area (Å²) in [4.78, 5) is 0. The van der Waals surface area contributed by atoms with Crippen LogP contribution >= 0.6 is 0 Å². The topological polar surface area (TPSA) is 38.6 Å². The first-order chi connectivity index (χ1) is 4.54. The van der Waals surface area contributed by atoms with E-state index >= 15 is 0 Å². The molecule has 10 heavy (non-hydrogen) atoms. The van der Waals surface area contributed by atoms with Gasteiger partial charge in [-0.15, -0.1) is 0 Å². The number of quaternary nitrogens is 1.